The van der Waals surface area contributed by atoms with Crippen molar-refractivity contribution in [2.75, 3.05) is 6.54 Å². The van der Waals surface area contributed by atoms with Crippen LogP contribution in [0.4, 0.5) is 0 Å². The van der Waals surface area contributed by atoms with Crippen molar-refractivity contribution in [3.8, 4) is 0 Å². The number of nitrogens with zero attached hydrogens (tertiary/aromatic N) is 1. The van der Waals surface area contributed by atoms with E-state index in [4.69, 9.17) is 17.2 Å². The van der Waals surface area contributed by atoms with Crippen molar-refractivity contribution in [1.29, 1.82) is 0 Å². The molecule has 0 saturated heterocycles. The van der Waals surface area contributed by atoms with Gasteiger partial charge in [-0.3, -0.25) is 19.2 Å². The van der Waals surface area contributed by atoms with E-state index in [9.17, 15) is 34.2 Å². The topological polar surface area (TPSA) is 269 Å². The number of nitrogens with one attached hydrogen (secondary N) is 4. The number of carboxylic acid groups (broad SMARTS) is 1. The van der Waals surface area contributed by atoms with Crippen LogP contribution in [0.25, 0.3) is 0 Å². The van der Waals surface area contributed by atoms with E-state index in [0.29, 0.717) is 25.1 Å². The minimum Gasteiger partial charge on any atom is -0.480 e. The number of aliphatic hydroxyl groups excluding tert-OH is 1. The summed E-state index contributed by atoms with van der Waals surface area (Å²) in [4.78, 5) is 67.5. The van der Waals surface area contributed by atoms with Gasteiger partial charge < -0.3 is 48.3 Å². The summed E-state index contributed by atoms with van der Waals surface area (Å²) in [6.07, 6.45) is 2.38. The normalized spacial score (nSPS) is 15.1. The Morgan fingerprint density at radius 2 is 1.67 bits per heavy atom. The third kappa shape index (κ3) is 10.8. The number of unbranched alkanes of at least 4 members (excludes halogenated alkanes) is 1. The molecule has 0 aromatic carbocycles. The molecular formula is C21H36N8O7. The number of aromatic amines is 1. The fourth-order valence-electron chi connectivity index (χ4n) is 3.21. The maximum atomic E-state index is 13.1. The SMILES string of the molecule is CC(O)C(NC(=O)C(CCCCN)NC(=O)C(Cc1cnc[nH]1)NC(=O)C(N)CCC(N)=O)C(=O)O. The number of rotatable bonds is 17. The number of imidazole rings is 1. The van der Waals surface area contributed by atoms with Crippen molar-refractivity contribution in [3.05, 3.63) is 18.2 Å². The Balaban J connectivity index is 3.04. The molecule has 15 heteroatoms. The summed E-state index contributed by atoms with van der Waals surface area (Å²) in [7, 11) is 0. The molecule has 0 radical (unpaired) electrons. The van der Waals surface area contributed by atoms with Gasteiger partial charge in [0.15, 0.2) is 6.04 Å². The molecule has 1 aromatic rings. The minimum atomic E-state index is -1.59. The van der Waals surface area contributed by atoms with Gasteiger partial charge >= 0.3 is 5.97 Å². The van der Waals surface area contributed by atoms with Crippen LogP contribution in [0.2, 0.25) is 0 Å². The number of aromatic nitrogens is 2. The van der Waals surface area contributed by atoms with Crippen LogP contribution in [0.15, 0.2) is 12.5 Å². The van der Waals surface area contributed by atoms with Crippen molar-refractivity contribution in [2.24, 2.45) is 17.2 Å². The lowest BCUT2D eigenvalue weighted by Crippen LogP contribution is -2.58. The monoisotopic (exact) mass is 512 g/mol. The van der Waals surface area contributed by atoms with Crippen LogP contribution < -0.4 is 33.2 Å². The van der Waals surface area contributed by atoms with E-state index < -0.39 is 59.9 Å². The number of carboxylic acids is 1. The van der Waals surface area contributed by atoms with Crippen molar-refractivity contribution < 1.29 is 34.2 Å². The van der Waals surface area contributed by atoms with Gasteiger partial charge in [0.25, 0.3) is 0 Å². The highest BCUT2D eigenvalue weighted by Crippen LogP contribution is 2.06. The first-order valence-electron chi connectivity index (χ1n) is 11.5. The molecule has 5 atom stereocenters. The summed E-state index contributed by atoms with van der Waals surface area (Å²) in [6.45, 7) is 1.55. The second-order valence-corrected chi connectivity index (χ2v) is 8.36. The van der Waals surface area contributed by atoms with Gasteiger partial charge in [0, 0.05) is 24.7 Å². The van der Waals surface area contributed by atoms with Gasteiger partial charge in [0.2, 0.25) is 23.6 Å². The molecule has 0 fully saturated rings. The van der Waals surface area contributed by atoms with Crippen LogP contribution in [0.1, 0.15) is 44.7 Å². The summed E-state index contributed by atoms with van der Waals surface area (Å²) in [5.41, 5.74) is 16.9. The zero-order valence-electron chi connectivity index (χ0n) is 20.1. The Labute approximate surface area is 207 Å². The van der Waals surface area contributed by atoms with E-state index in [1.165, 1.54) is 19.4 Å². The fraction of sp³-hybridized carbons (Fsp3) is 0.619. The highest BCUT2D eigenvalue weighted by molar-refractivity contribution is 5.94. The number of carbonyl (C=O) groups excluding carboxylic acids is 4. The Morgan fingerprint density at radius 1 is 1.03 bits per heavy atom. The zero-order chi connectivity index (χ0) is 27.3. The molecule has 36 heavy (non-hydrogen) atoms. The van der Waals surface area contributed by atoms with Gasteiger partial charge in [-0.15, -0.1) is 0 Å². The average Bonchev–Trinajstić information content (AvgIpc) is 3.32. The average molecular weight is 513 g/mol. The Morgan fingerprint density at radius 3 is 2.19 bits per heavy atom. The maximum absolute atomic E-state index is 13.1. The molecule has 0 aliphatic carbocycles. The number of hydrogen-bond acceptors (Lipinski definition) is 9. The molecule has 5 unspecified atom stereocenters. The number of H-pyrrole nitrogens is 1. The number of aliphatic hydroxyl groups is 1. The molecule has 12 N–H and O–H groups in total. The van der Waals surface area contributed by atoms with Crippen LogP contribution >= 0.6 is 0 Å². The van der Waals surface area contributed by atoms with Crippen LogP contribution in [0, 0.1) is 0 Å². The summed E-state index contributed by atoms with van der Waals surface area (Å²) in [5, 5.41) is 26.2. The molecule has 1 aromatic heterocycles. The third-order valence-corrected chi connectivity index (χ3v) is 5.28. The molecule has 202 valence electrons. The Bertz CT molecular complexity index is 878. The fourth-order valence-corrected chi connectivity index (χ4v) is 3.21. The molecule has 4 amide bonds. The van der Waals surface area contributed by atoms with Crippen molar-refractivity contribution in [2.45, 2.75) is 75.7 Å². The number of nitrogens with two attached hydrogens (primary N) is 3. The van der Waals surface area contributed by atoms with Gasteiger partial charge in [-0.05, 0) is 39.2 Å². The summed E-state index contributed by atoms with van der Waals surface area (Å²) < 4.78 is 0. The van der Waals surface area contributed by atoms with Crippen molar-refractivity contribution >= 4 is 29.6 Å². The minimum absolute atomic E-state index is 0.0251. The van der Waals surface area contributed by atoms with Crippen LogP contribution in [0.5, 0.6) is 0 Å². The van der Waals surface area contributed by atoms with Crippen molar-refractivity contribution in [1.82, 2.24) is 25.9 Å². The first-order valence-corrected chi connectivity index (χ1v) is 11.5. The third-order valence-electron chi connectivity index (χ3n) is 5.28. The maximum Gasteiger partial charge on any atom is 0.328 e. The predicted molar refractivity (Wildman–Crippen MR) is 127 cm³/mol. The van der Waals surface area contributed by atoms with E-state index >= 15 is 0 Å². The van der Waals surface area contributed by atoms with E-state index in [0.717, 1.165) is 0 Å². The number of carbonyl (C=O) groups is 5. The molecule has 15 nitrogen and oxygen atoms in total. The van der Waals surface area contributed by atoms with E-state index in [2.05, 4.69) is 25.9 Å². The van der Waals surface area contributed by atoms with Gasteiger partial charge in [0.1, 0.15) is 12.1 Å². The zero-order valence-corrected chi connectivity index (χ0v) is 20.1. The molecular weight excluding hydrogens is 476 g/mol. The van der Waals surface area contributed by atoms with Crippen LogP contribution in [-0.4, -0.2) is 86.6 Å². The highest BCUT2D eigenvalue weighted by Gasteiger charge is 2.32. The standard InChI is InChI=1S/C21H36N8O7/c1-11(30)17(21(35)36)29-19(33)14(4-2-3-7-22)27-20(34)15(8-12-9-25-10-26-12)28-18(32)13(23)5-6-16(24)31/h9-11,13-15,17,30H,2-8,22-23H2,1H3,(H2,24,31)(H,25,26)(H,27,34)(H,28,32)(H,29,33)(H,35,36). The Hall–Kier alpha value is -3.56. The van der Waals surface area contributed by atoms with E-state index in [-0.39, 0.29) is 25.7 Å². The molecule has 0 saturated carbocycles. The molecule has 1 rings (SSSR count). The molecule has 1 heterocycles. The summed E-state index contributed by atoms with van der Waals surface area (Å²) in [6, 6.07) is -5.06. The predicted octanol–water partition coefficient (Wildman–Crippen LogP) is -3.41. The quantitative estimate of drug-likeness (QED) is 0.0933. The van der Waals surface area contributed by atoms with Gasteiger partial charge in [-0.1, -0.05) is 0 Å². The second kappa shape index (κ2) is 15.4. The van der Waals surface area contributed by atoms with Gasteiger partial charge in [0.05, 0.1) is 18.5 Å². The first kappa shape index (κ1) is 30.5. The smallest absolute Gasteiger partial charge is 0.328 e. The van der Waals surface area contributed by atoms with E-state index in [1.807, 2.05) is 0 Å². The van der Waals surface area contributed by atoms with E-state index in [1.54, 1.807) is 0 Å². The highest BCUT2D eigenvalue weighted by atomic mass is 16.4. The molecule has 0 spiro atoms. The lowest BCUT2D eigenvalue weighted by Gasteiger charge is -2.25. The summed E-state index contributed by atoms with van der Waals surface area (Å²) >= 11 is 0. The van der Waals surface area contributed by atoms with Crippen LogP contribution in [-0.2, 0) is 30.4 Å². The number of amides is 4. The lowest BCUT2D eigenvalue weighted by atomic mass is 10.0. The van der Waals surface area contributed by atoms with Gasteiger partial charge in [-0.2, -0.15) is 0 Å². The number of primary amides is 1. The van der Waals surface area contributed by atoms with Crippen LogP contribution in [0.3, 0.4) is 0 Å². The summed E-state index contributed by atoms with van der Waals surface area (Å²) in [5.74, 6) is -4.34. The first-order chi connectivity index (χ1) is 17.0. The van der Waals surface area contributed by atoms with Crippen molar-refractivity contribution in [3.63, 3.8) is 0 Å². The largest absolute Gasteiger partial charge is 0.480 e. The molecule has 0 aliphatic rings. The second-order valence-electron chi connectivity index (χ2n) is 8.36. The molecule has 0 bridgehead atoms. The Kier molecular flexibility index (Phi) is 13.1. The number of aliphatic carboxylic acids is 1. The number of hydrogen-bond donors (Lipinski definition) is 9. The lowest BCUT2D eigenvalue weighted by molar-refractivity contribution is -0.145. The van der Waals surface area contributed by atoms with Gasteiger partial charge in [-0.25, -0.2) is 9.78 Å². The molecule has 0 aliphatic heterocycles.